The summed E-state index contributed by atoms with van der Waals surface area (Å²) in [5.74, 6) is 0.961. The number of aliphatic imine (C=N–C) groups is 2. The molecule has 0 unspecified atom stereocenters. The van der Waals surface area contributed by atoms with Gasteiger partial charge in [0.25, 0.3) is 5.91 Å². The molecule has 8 heteroatoms. The lowest BCUT2D eigenvalue weighted by molar-refractivity contribution is -0.125. The van der Waals surface area contributed by atoms with Crippen LogP contribution in [0.25, 0.3) is 0 Å². The SMILES string of the molecule is CC[C@H](SC1=Nc2ccccc2C2=N[C@@H](c3ccccc3)C(=O)N12)C(=O)NCc1ccco1. The molecule has 1 N–H and O–H groups in total. The van der Waals surface area contributed by atoms with E-state index >= 15 is 0 Å². The maximum atomic E-state index is 13.5. The van der Waals surface area contributed by atoms with Gasteiger partial charge in [-0.25, -0.2) is 14.9 Å². The lowest BCUT2D eigenvalue weighted by Gasteiger charge is -2.27. The molecule has 0 saturated heterocycles. The quantitative estimate of drug-likeness (QED) is 0.592. The second-order valence-corrected chi connectivity index (χ2v) is 8.83. The molecule has 2 aliphatic rings. The molecule has 3 heterocycles. The fraction of sp³-hybridized carbons (Fsp3) is 0.200. The Morgan fingerprint density at radius 1 is 1.12 bits per heavy atom. The summed E-state index contributed by atoms with van der Waals surface area (Å²) in [6.45, 7) is 2.25. The van der Waals surface area contributed by atoms with E-state index in [4.69, 9.17) is 14.4 Å². The first-order chi connectivity index (χ1) is 16.2. The van der Waals surface area contributed by atoms with Crippen molar-refractivity contribution in [2.45, 2.75) is 31.2 Å². The van der Waals surface area contributed by atoms with Gasteiger partial charge >= 0.3 is 0 Å². The standard InChI is InChI=1S/C25H22N4O3S/c1-2-20(23(30)26-15-17-11-8-14-32-17)33-25-27-19-13-7-6-12-18(19)22-28-21(24(31)29(22)25)16-9-4-3-5-10-16/h3-14,20-21H,2,15H2,1H3,(H,26,30)/t20-,21-/m0/s1. The topological polar surface area (TPSA) is 87.3 Å². The zero-order chi connectivity index (χ0) is 22.8. The van der Waals surface area contributed by atoms with E-state index in [-0.39, 0.29) is 11.8 Å². The van der Waals surface area contributed by atoms with Gasteiger partial charge in [-0.1, -0.05) is 61.2 Å². The van der Waals surface area contributed by atoms with E-state index in [2.05, 4.69) is 5.32 Å². The first-order valence-corrected chi connectivity index (χ1v) is 11.6. The molecule has 1 aromatic heterocycles. The summed E-state index contributed by atoms with van der Waals surface area (Å²) in [6.07, 6.45) is 2.15. The van der Waals surface area contributed by atoms with E-state index in [1.807, 2.05) is 67.6 Å². The predicted molar refractivity (Wildman–Crippen MR) is 128 cm³/mol. The normalized spacial score (nSPS) is 17.7. The highest BCUT2D eigenvalue weighted by molar-refractivity contribution is 8.15. The Balaban J connectivity index is 1.43. The molecule has 0 bridgehead atoms. The van der Waals surface area contributed by atoms with Gasteiger partial charge in [0.15, 0.2) is 11.2 Å². The number of nitrogens with one attached hydrogen (secondary N) is 1. The molecule has 0 spiro atoms. The molecule has 33 heavy (non-hydrogen) atoms. The van der Waals surface area contributed by atoms with Crippen LogP contribution in [0.4, 0.5) is 5.69 Å². The van der Waals surface area contributed by atoms with Crippen molar-refractivity contribution in [3.63, 3.8) is 0 Å². The molecule has 2 aliphatic heterocycles. The number of nitrogens with zero attached hydrogens (tertiary/aromatic N) is 3. The zero-order valence-corrected chi connectivity index (χ0v) is 18.8. The zero-order valence-electron chi connectivity index (χ0n) is 18.0. The number of rotatable bonds is 6. The second kappa shape index (κ2) is 9.07. The molecule has 2 atom stereocenters. The Bertz CT molecular complexity index is 1240. The maximum Gasteiger partial charge on any atom is 0.263 e. The first kappa shape index (κ1) is 21.2. The summed E-state index contributed by atoms with van der Waals surface area (Å²) < 4.78 is 5.30. The van der Waals surface area contributed by atoms with Crippen LogP contribution in [0.2, 0.25) is 0 Å². The number of benzene rings is 2. The molecule has 3 aromatic rings. The van der Waals surface area contributed by atoms with Crippen LogP contribution in [0.1, 0.15) is 36.3 Å². The highest BCUT2D eigenvalue weighted by Crippen LogP contribution is 2.38. The monoisotopic (exact) mass is 458 g/mol. The number of fused-ring (bicyclic) bond motifs is 3. The summed E-state index contributed by atoms with van der Waals surface area (Å²) in [4.78, 5) is 37.5. The molecule has 0 fully saturated rings. The van der Waals surface area contributed by atoms with Crippen LogP contribution in [0.3, 0.4) is 0 Å². The number of hydrogen-bond donors (Lipinski definition) is 1. The third-order valence-corrected chi connectivity index (χ3v) is 6.83. The third-order valence-electron chi connectivity index (χ3n) is 5.51. The first-order valence-electron chi connectivity index (χ1n) is 10.8. The minimum atomic E-state index is -0.633. The van der Waals surface area contributed by atoms with Crippen molar-refractivity contribution in [3.05, 3.63) is 89.9 Å². The highest BCUT2D eigenvalue weighted by Gasteiger charge is 2.43. The minimum Gasteiger partial charge on any atom is -0.467 e. The van der Waals surface area contributed by atoms with Crippen molar-refractivity contribution in [1.29, 1.82) is 0 Å². The third kappa shape index (κ3) is 4.09. The number of furan rings is 1. The van der Waals surface area contributed by atoms with Crippen molar-refractivity contribution in [3.8, 4) is 0 Å². The molecular formula is C25H22N4O3S. The van der Waals surface area contributed by atoms with Crippen molar-refractivity contribution in [2.24, 2.45) is 9.98 Å². The Labute approximate surface area is 195 Å². The Kier molecular flexibility index (Phi) is 5.83. The van der Waals surface area contributed by atoms with E-state index in [1.165, 1.54) is 11.8 Å². The lowest BCUT2D eigenvalue weighted by atomic mass is 10.1. The van der Waals surface area contributed by atoms with Gasteiger partial charge in [-0.3, -0.25) is 9.59 Å². The molecular weight excluding hydrogens is 436 g/mol. The van der Waals surface area contributed by atoms with Crippen LogP contribution >= 0.6 is 11.8 Å². The molecule has 0 radical (unpaired) electrons. The average Bonchev–Trinajstić information content (AvgIpc) is 3.50. The summed E-state index contributed by atoms with van der Waals surface area (Å²) in [5.41, 5.74) is 2.38. The maximum absolute atomic E-state index is 13.5. The molecule has 0 saturated carbocycles. The van der Waals surface area contributed by atoms with Crippen LogP contribution in [-0.4, -0.2) is 33.0 Å². The number of hydrogen-bond acceptors (Lipinski definition) is 6. The van der Waals surface area contributed by atoms with Gasteiger partial charge in [0.05, 0.1) is 23.7 Å². The number of amides is 2. The molecule has 2 amide bonds. The summed E-state index contributed by atoms with van der Waals surface area (Å²) in [5, 5.41) is 2.95. The van der Waals surface area contributed by atoms with Crippen LogP contribution in [0, 0.1) is 0 Å². The average molecular weight is 459 g/mol. The van der Waals surface area contributed by atoms with E-state index in [9.17, 15) is 9.59 Å². The van der Waals surface area contributed by atoms with E-state index in [0.717, 1.165) is 16.8 Å². The lowest BCUT2D eigenvalue weighted by Crippen LogP contribution is -2.42. The van der Waals surface area contributed by atoms with E-state index < -0.39 is 11.3 Å². The summed E-state index contributed by atoms with van der Waals surface area (Å²) in [6, 6.07) is 20.1. The van der Waals surface area contributed by atoms with Gasteiger partial charge in [0.2, 0.25) is 5.91 Å². The number of amidine groups is 2. The minimum absolute atomic E-state index is 0.134. The van der Waals surface area contributed by atoms with E-state index in [1.54, 1.807) is 17.2 Å². The predicted octanol–water partition coefficient (Wildman–Crippen LogP) is 4.44. The Morgan fingerprint density at radius 2 is 1.91 bits per heavy atom. The largest absolute Gasteiger partial charge is 0.467 e. The van der Waals surface area contributed by atoms with Crippen molar-refractivity contribution in [2.75, 3.05) is 0 Å². The van der Waals surface area contributed by atoms with Gasteiger partial charge in [-0.15, -0.1) is 0 Å². The molecule has 7 nitrogen and oxygen atoms in total. The van der Waals surface area contributed by atoms with Crippen LogP contribution in [0.15, 0.2) is 87.4 Å². The second-order valence-electron chi connectivity index (χ2n) is 7.66. The molecule has 2 aromatic carbocycles. The molecule has 5 rings (SSSR count). The smallest absolute Gasteiger partial charge is 0.263 e. The number of para-hydroxylation sites is 1. The summed E-state index contributed by atoms with van der Waals surface area (Å²) >= 11 is 1.28. The molecule has 166 valence electrons. The van der Waals surface area contributed by atoms with Gasteiger partial charge in [-0.2, -0.15) is 0 Å². The van der Waals surface area contributed by atoms with E-state index in [0.29, 0.717) is 29.7 Å². The van der Waals surface area contributed by atoms with Crippen molar-refractivity contribution < 1.29 is 14.0 Å². The Hall–Kier alpha value is -3.65. The number of thioether (sulfide) groups is 1. The van der Waals surface area contributed by atoms with Crippen LogP contribution in [-0.2, 0) is 16.1 Å². The number of carbonyl (C=O) groups is 2. The van der Waals surface area contributed by atoms with Gasteiger partial charge in [-0.05, 0) is 36.2 Å². The van der Waals surface area contributed by atoms with Gasteiger partial charge in [0.1, 0.15) is 11.6 Å². The Morgan fingerprint density at radius 3 is 2.67 bits per heavy atom. The van der Waals surface area contributed by atoms with Crippen LogP contribution < -0.4 is 5.32 Å². The van der Waals surface area contributed by atoms with Gasteiger partial charge < -0.3 is 9.73 Å². The summed E-state index contributed by atoms with van der Waals surface area (Å²) in [7, 11) is 0. The fourth-order valence-corrected chi connectivity index (χ4v) is 4.88. The van der Waals surface area contributed by atoms with Gasteiger partial charge in [0, 0.05) is 5.56 Å². The van der Waals surface area contributed by atoms with Crippen molar-refractivity contribution in [1.82, 2.24) is 10.2 Å². The number of carbonyl (C=O) groups excluding carboxylic acids is 2. The van der Waals surface area contributed by atoms with Crippen LogP contribution in [0.5, 0.6) is 0 Å². The molecule has 0 aliphatic carbocycles. The highest BCUT2D eigenvalue weighted by atomic mass is 32.2. The van der Waals surface area contributed by atoms with Crippen molar-refractivity contribution >= 4 is 40.3 Å². The fourth-order valence-electron chi connectivity index (χ4n) is 3.83.